The van der Waals surface area contributed by atoms with Gasteiger partial charge in [-0.15, -0.1) is 0 Å². The van der Waals surface area contributed by atoms with E-state index in [9.17, 15) is 23.1 Å². The van der Waals surface area contributed by atoms with Gasteiger partial charge in [-0.05, 0) is 41.4 Å². The molecule has 1 aliphatic rings. The Morgan fingerprint density at radius 3 is 2.62 bits per heavy atom. The fourth-order valence-electron chi connectivity index (χ4n) is 2.80. The normalized spacial score (nSPS) is 18.3. The molecule has 0 aliphatic carbocycles. The summed E-state index contributed by atoms with van der Waals surface area (Å²) in [5.41, 5.74) is 0.103. The summed E-state index contributed by atoms with van der Waals surface area (Å²) in [6.07, 6.45) is 0.387. The first-order valence-electron chi connectivity index (χ1n) is 7.92. The zero-order valence-corrected chi connectivity index (χ0v) is 16.8. The van der Waals surface area contributed by atoms with Crippen molar-refractivity contribution in [3.63, 3.8) is 0 Å². The Labute approximate surface area is 160 Å². The number of ether oxygens (including phenoxy) is 2. The number of carbonyl (C=O) groups is 2. The van der Waals surface area contributed by atoms with Gasteiger partial charge >= 0.3 is 5.97 Å². The lowest BCUT2D eigenvalue weighted by molar-refractivity contribution is -0.136. The summed E-state index contributed by atoms with van der Waals surface area (Å²) in [5, 5.41) is 9.76. The number of likely N-dealkylation sites (N-methyl/N-ethyl adjacent to an activating group) is 1. The first kappa shape index (κ1) is 20.5. The minimum atomic E-state index is -3.12. The molecular weight excluding hydrogens is 430 g/mol. The van der Waals surface area contributed by atoms with Crippen LogP contribution in [-0.2, 0) is 19.4 Å². The third-order valence-electron chi connectivity index (χ3n) is 4.12. The highest BCUT2D eigenvalue weighted by Crippen LogP contribution is 2.35. The van der Waals surface area contributed by atoms with Crippen LogP contribution in [0.3, 0.4) is 0 Å². The van der Waals surface area contributed by atoms with Gasteiger partial charge < -0.3 is 19.5 Å². The molecule has 0 radical (unpaired) electrons. The van der Waals surface area contributed by atoms with Crippen LogP contribution in [0.15, 0.2) is 16.6 Å². The van der Waals surface area contributed by atoms with Gasteiger partial charge in [-0.1, -0.05) is 0 Å². The van der Waals surface area contributed by atoms with Crippen LogP contribution in [0.1, 0.15) is 23.7 Å². The molecule has 1 heterocycles. The number of rotatable bonds is 6. The Morgan fingerprint density at radius 2 is 2.08 bits per heavy atom. The van der Waals surface area contributed by atoms with Crippen LogP contribution >= 0.6 is 15.9 Å². The summed E-state index contributed by atoms with van der Waals surface area (Å²) < 4.78 is 33.4. The number of halogens is 1. The van der Waals surface area contributed by atoms with Crippen molar-refractivity contribution in [3.05, 3.63) is 22.2 Å². The van der Waals surface area contributed by atoms with E-state index in [1.807, 2.05) is 0 Å². The second-order valence-electron chi connectivity index (χ2n) is 5.82. The molecule has 10 heteroatoms. The number of phenolic OH excluding ortho intramolecular Hbond substituents is 1. The van der Waals surface area contributed by atoms with Gasteiger partial charge in [0, 0.05) is 12.6 Å². The Morgan fingerprint density at radius 1 is 1.38 bits per heavy atom. The van der Waals surface area contributed by atoms with E-state index in [0.29, 0.717) is 13.0 Å². The lowest BCUT2D eigenvalue weighted by atomic mass is 10.2. The van der Waals surface area contributed by atoms with Gasteiger partial charge in [0.05, 0.1) is 28.7 Å². The molecule has 1 N–H and O–H groups in total. The van der Waals surface area contributed by atoms with Gasteiger partial charge in [0.25, 0.3) is 5.91 Å². The third kappa shape index (κ3) is 4.67. The SMILES string of the molecule is CCN(C(=O)COC(=O)c1cc(Br)c(O)c(OC)c1)[C@@H]1CCS(=O)(=O)C1. The lowest BCUT2D eigenvalue weighted by Gasteiger charge is -2.26. The number of nitrogens with zero attached hydrogens (tertiary/aromatic N) is 1. The van der Waals surface area contributed by atoms with Crippen molar-refractivity contribution in [3.8, 4) is 11.5 Å². The molecular formula is C16H20BrNO7S. The molecule has 0 saturated carbocycles. The zero-order chi connectivity index (χ0) is 19.5. The number of amides is 1. The Bertz CT molecular complexity index is 809. The Balaban J connectivity index is 2.02. The molecule has 1 aliphatic heterocycles. The predicted molar refractivity (Wildman–Crippen MR) is 97.1 cm³/mol. The number of benzene rings is 1. The van der Waals surface area contributed by atoms with Crippen molar-refractivity contribution in [1.29, 1.82) is 0 Å². The van der Waals surface area contributed by atoms with Crippen LogP contribution in [0.2, 0.25) is 0 Å². The van der Waals surface area contributed by atoms with Crippen LogP contribution in [0.4, 0.5) is 0 Å². The van der Waals surface area contributed by atoms with E-state index in [1.54, 1.807) is 6.92 Å². The van der Waals surface area contributed by atoms with Crippen molar-refractivity contribution >= 4 is 37.6 Å². The topological polar surface area (TPSA) is 110 Å². The molecule has 2 rings (SSSR count). The number of carbonyl (C=O) groups excluding carboxylic acids is 2. The maximum Gasteiger partial charge on any atom is 0.338 e. The van der Waals surface area contributed by atoms with E-state index in [2.05, 4.69) is 15.9 Å². The number of esters is 1. The molecule has 8 nitrogen and oxygen atoms in total. The molecule has 1 aromatic rings. The molecule has 0 spiro atoms. The summed E-state index contributed by atoms with van der Waals surface area (Å²) >= 11 is 3.11. The van der Waals surface area contributed by atoms with E-state index in [-0.39, 0.29) is 39.1 Å². The minimum Gasteiger partial charge on any atom is -0.503 e. The number of aromatic hydroxyl groups is 1. The summed E-state index contributed by atoms with van der Waals surface area (Å²) in [5.74, 6) is -1.28. The highest BCUT2D eigenvalue weighted by atomic mass is 79.9. The fraction of sp³-hybridized carbons (Fsp3) is 0.500. The molecule has 1 saturated heterocycles. The number of phenols is 1. The smallest absolute Gasteiger partial charge is 0.338 e. The number of methoxy groups -OCH3 is 1. The molecule has 0 bridgehead atoms. The van der Waals surface area contributed by atoms with Crippen molar-refractivity contribution in [2.24, 2.45) is 0 Å². The predicted octanol–water partition coefficient (Wildman–Crippen LogP) is 1.36. The quantitative estimate of drug-likeness (QED) is 0.652. The third-order valence-corrected chi connectivity index (χ3v) is 6.48. The van der Waals surface area contributed by atoms with Crippen LogP contribution in [0.5, 0.6) is 11.5 Å². The second-order valence-corrected chi connectivity index (χ2v) is 8.90. The van der Waals surface area contributed by atoms with Gasteiger partial charge in [-0.3, -0.25) is 4.79 Å². The van der Waals surface area contributed by atoms with E-state index < -0.39 is 28.3 Å². The average Bonchev–Trinajstić information content (AvgIpc) is 2.95. The molecule has 26 heavy (non-hydrogen) atoms. The number of sulfone groups is 1. The molecule has 1 atom stereocenters. The summed E-state index contributed by atoms with van der Waals surface area (Å²) in [6.45, 7) is 1.58. The first-order valence-corrected chi connectivity index (χ1v) is 10.5. The van der Waals surface area contributed by atoms with Crippen molar-refractivity contribution in [2.75, 3.05) is 31.8 Å². The molecule has 144 valence electrons. The molecule has 1 fully saturated rings. The van der Waals surface area contributed by atoms with Crippen LogP contribution in [0, 0.1) is 0 Å². The summed E-state index contributed by atoms with van der Waals surface area (Å²) in [6, 6.07) is 2.26. The minimum absolute atomic E-state index is 0.0581. The van der Waals surface area contributed by atoms with Crippen molar-refractivity contribution < 1.29 is 32.6 Å². The van der Waals surface area contributed by atoms with Gasteiger partial charge in [0.2, 0.25) is 0 Å². The van der Waals surface area contributed by atoms with E-state index >= 15 is 0 Å². The Hall–Kier alpha value is -1.81. The molecule has 1 amide bonds. The maximum atomic E-state index is 12.3. The zero-order valence-electron chi connectivity index (χ0n) is 14.4. The lowest BCUT2D eigenvalue weighted by Crippen LogP contribution is -2.43. The highest BCUT2D eigenvalue weighted by molar-refractivity contribution is 9.10. The maximum absolute atomic E-state index is 12.3. The summed E-state index contributed by atoms with van der Waals surface area (Å²) in [4.78, 5) is 25.9. The second kappa shape index (κ2) is 8.26. The Kier molecular flexibility index (Phi) is 6.51. The van der Waals surface area contributed by atoms with Crippen molar-refractivity contribution in [1.82, 2.24) is 4.90 Å². The van der Waals surface area contributed by atoms with Gasteiger partial charge in [-0.25, -0.2) is 13.2 Å². The number of hydrogen-bond donors (Lipinski definition) is 1. The largest absolute Gasteiger partial charge is 0.503 e. The van der Waals surface area contributed by atoms with E-state index in [4.69, 9.17) is 9.47 Å². The van der Waals surface area contributed by atoms with Crippen molar-refractivity contribution in [2.45, 2.75) is 19.4 Å². The van der Waals surface area contributed by atoms with Crippen LogP contribution in [-0.4, -0.2) is 68.1 Å². The summed E-state index contributed by atoms with van der Waals surface area (Å²) in [7, 11) is -1.78. The van der Waals surface area contributed by atoms with E-state index in [1.165, 1.54) is 24.1 Å². The highest BCUT2D eigenvalue weighted by Gasteiger charge is 2.34. The monoisotopic (exact) mass is 449 g/mol. The first-order chi connectivity index (χ1) is 12.2. The van der Waals surface area contributed by atoms with E-state index in [0.717, 1.165) is 0 Å². The van der Waals surface area contributed by atoms with Gasteiger partial charge in [-0.2, -0.15) is 0 Å². The van der Waals surface area contributed by atoms with Crippen LogP contribution in [0.25, 0.3) is 0 Å². The van der Waals surface area contributed by atoms with Gasteiger partial charge in [0.15, 0.2) is 27.9 Å². The average molecular weight is 450 g/mol. The van der Waals surface area contributed by atoms with Gasteiger partial charge in [0.1, 0.15) is 0 Å². The standard InChI is InChI=1S/C16H20BrNO7S/c1-3-18(11-4-5-26(22,23)9-11)14(19)8-25-16(21)10-6-12(17)15(20)13(7-10)24-2/h6-7,11,20H,3-5,8-9H2,1-2H3/t11-/m1/s1. The molecule has 1 aromatic carbocycles. The fourth-order valence-corrected chi connectivity index (χ4v) is 4.97. The number of hydrogen-bond acceptors (Lipinski definition) is 7. The van der Waals surface area contributed by atoms with Crippen LogP contribution < -0.4 is 4.74 Å². The molecule has 0 unspecified atom stereocenters. The molecule has 0 aromatic heterocycles.